The third kappa shape index (κ3) is 2.47. The topological polar surface area (TPSA) is 68.0 Å². The van der Waals surface area contributed by atoms with Crippen LogP contribution in [0.15, 0.2) is 23.1 Å². The highest BCUT2D eigenvalue weighted by molar-refractivity contribution is 6.38. The van der Waals surface area contributed by atoms with Crippen LogP contribution in [0.2, 0.25) is 10.3 Å². The Morgan fingerprint density at radius 3 is 2.67 bits per heavy atom. The molecule has 0 aliphatic heterocycles. The summed E-state index contributed by atoms with van der Waals surface area (Å²) in [4.78, 5) is 19.5. The molecule has 0 aliphatic carbocycles. The Bertz CT molecular complexity index is 563. The van der Waals surface area contributed by atoms with Crippen LogP contribution in [0.5, 0.6) is 0 Å². The number of anilines is 1. The van der Waals surface area contributed by atoms with Crippen LogP contribution < -0.4 is 5.32 Å². The third-order valence-electron chi connectivity index (χ3n) is 2.30. The summed E-state index contributed by atoms with van der Waals surface area (Å²) in [5, 5.41) is 2.74. The van der Waals surface area contributed by atoms with Crippen LogP contribution in [0.25, 0.3) is 0 Å². The summed E-state index contributed by atoms with van der Waals surface area (Å²) < 4.78 is 5.18. The van der Waals surface area contributed by atoms with E-state index in [0.717, 1.165) is 0 Å². The molecule has 2 heterocycles. The Balaban J connectivity index is 2.27. The van der Waals surface area contributed by atoms with Crippen molar-refractivity contribution in [3.8, 4) is 0 Å². The summed E-state index contributed by atoms with van der Waals surface area (Å²) in [5.74, 6) is 0.232. The Kier molecular flexibility index (Phi) is 3.84. The van der Waals surface area contributed by atoms with Crippen molar-refractivity contribution in [1.29, 1.82) is 0 Å². The molecule has 0 saturated carbocycles. The van der Waals surface area contributed by atoms with Crippen LogP contribution in [0.3, 0.4) is 0 Å². The fraction of sp³-hybridized carbons (Fsp3) is 0.182. The quantitative estimate of drug-likeness (QED) is 0.880. The van der Waals surface area contributed by atoms with Crippen LogP contribution in [0.1, 0.15) is 23.0 Å². The molecular weight excluding hydrogens is 277 g/mol. The molecule has 0 bridgehead atoms. The Morgan fingerprint density at radius 1 is 1.39 bits per heavy atom. The van der Waals surface area contributed by atoms with Crippen molar-refractivity contribution in [3.05, 3.63) is 40.3 Å². The first kappa shape index (κ1) is 12.9. The number of rotatable bonds is 3. The van der Waals surface area contributed by atoms with E-state index >= 15 is 0 Å². The summed E-state index contributed by atoms with van der Waals surface area (Å²) in [6, 6.07) is 1.58. The molecule has 18 heavy (non-hydrogen) atoms. The Hall–Kier alpha value is -1.59. The number of nitrogens with one attached hydrogen (secondary N) is 1. The molecular formula is C11H9Cl2N3O2. The number of carbonyl (C=O) groups is 1. The van der Waals surface area contributed by atoms with Gasteiger partial charge in [-0.3, -0.25) is 4.79 Å². The lowest BCUT2D eigenvalue weighted by Gasteiger charge is -2.07. The molecule has 2 rings (SSSR count). The lowest BCUT2D eigenvalue weighted by molar-refractivity contribution is 0.102. The molecule has 0 unspecified atom stereocenters. The van der Waals surface area contributed by atoms with Crippen molar-refractivity contribution in [1.82, 2.24) is 9.97 Å². The Morgan fingerprint density at radius 2 is 2.06 bits per heavy atom. The van der Waals surface area contributed by atoms with E-state index in [1.54, 1.807) is 6.07 Å². The fourth-order valence-corrected chi connectivity index (χ4v) is 1.85. The minimum absolute atomic E-state index is 0.0879. The van der Waals surface area contributed by atoms with Gasteiger partial charge in [-0.2, -0.15) is 0 Å². The highest BCUT2D eigenvalue weighted by Gasteiger charge is 2.17. The zero-order chi connectivity index (χ0) is 13.1. The highest BCUT2D eigenvalue weighted by Crippen LogP contribution is 2.26. The average molecular weight is 286 g/mol. The maximum absolute atomic E-state index is 12.0. The van der Waals surface area contributed by atoms with Gasteiger partial charge in [-0.1, -0.05) is 30.1 Å². The zero-order valence-corrected chi connectivity index (χ0v) is 10.9. The van der Waals surface area contributed by atoms with Gasteiger partial charge in [0.05, 0.1) is 11.8 Å². The van der Waals surface area contributed by atoms with Gasteiger partial charge in [0, 0.05) is 6.42 Å². The first-order valence-electron chi connectivity index (χ1n) is 5.17. The number of carbonyl (C=O) groups excluding carboxylic acids is 1. The molecule has 0 atom stereocenters. The predicted octanol–water partition coefficient (Wildman–Crippen LogP) is 3.19. The molecule has 0 saturated heterocycles. The lowest BCUT2D eigenvalue weighted by atomic mass is 10.2. The van der Waals surface area contributed by atoms with Gasteiger partial charge in [-0.05, 0) is 6.07 Å². The number of amides is 1. The lowest BCUT2D eigenvalue weighted by Crippen LogP contribution is -2.14. The molecule has 0 radical (unpaired) electrons. The zero-order valence-electron chi connectivity index (χ0n) is 9.41. The molecule has 1 amide bonds. The number of hydrogen-bond acceptors (Lipinski definition) is 4. The second-order valence-electron chi connectivity index (χ2n) is 3.40. The average Bonchev–Trinajstić information content (AvgIpc) is 2.82. The molecule has 0 aliphatic rings. The van der Waals surface area contributed by atoms with E-state index in [2.05, 4.69) is 15.3 Å². The molecule has 0 aromatic carbocycles. The molecule has 1 N–H and O–H groups in total. The van der Waals surface area contributed by atoms with Crippen LogP contribution >= 0.6 is 23.2 Å². The molecule has 5 nitrogen and oxygen atoms in total. The number of nitrogens with zero attached hydrogens (tertiary/aromatic N) is 2. The van der Waals surface area contributed by atoms with Gasteiger partial charge in [-0.25, -0.2) is 9.97 Å². The first-order valence-corrected chi connectivity index (χ1v) is 5.92. The van der Waals surface area contributed by atoms with E-state index in [0.29, 0.717) is 17.7 Å². The fourth-order valence-electron chi connectivity index (χ4n) is 1.45. The van der Waals surface area contributed by atoms with E-state index < -0.39 is 0 Å². The minimum atomic E-state index is -0.362. The van der Waals surface area contributed by atoms with Gasteiger partial charge in [0.1, 0.15) is 17.8 Å². The number of aryl methyl sites for hydroxylation is 1. The van der Waals surface area contributed by atoms with E-state index in [9.17, 15) is 4.79 Å². The molecule has 2 aromatic rings. The number of aromatic nitrogens is 2. The maximum atomic E-state index is 12.0. The number of hydrogen-bond donors (Lipinski definition) is 1. The largest absolute Gasteiger partial charge is 0.469 e. The summed E-state index contributed by atoms with van der Waals surface area (Å²) >= 11 is 11.7. The first-order chi connectivity index (χ1) is 8.63. The van der Waals surface area contributed by atoms with E-state index in [1.807, 2.05) is 6.92 Å². The van der Waals surface area contributed by atoms with Gasteiger partial charge in [0.25, 0.3) is 5.91 Å². The number of halogens is 2. The summed E-state index contributed by atoms with van der Waals surface area (Å²) in [5.41, 5.74) is 0.627. The monoisotopic (exact) mass is 285 g/mol. The molecule has 0 spiro atoms. The van der Waals surface area contributed by atoms with Crippen LogP contribution in [0.4, 0.5) is 5.69 Å². The summed E-state index contributed by atoms with van der Waals surface area (Å²) in [7, 11) is 0. The molecule has 94 valence electrons. The van der Waals surface area contributed by atoms with Crippen LogP contribution in [0, 0.1) is 0 Å². The predicted molar refractivity (Wildman–Crippen MR) is 68.1 cm³/mol. The van der Waals surface area contributed by atoms with Crippen molar-refractivity contribution in [3.63, 3.8) is 0 Å². The van der Waals surface area contributed by atoms with Gasteiger partial charge in [0.15, 0.2) is 10.3 Å². The second-order valence-corrected chi connectivity index (χ2v) is 4.11. The standard InChI is InChI=1S/C11H9Cl2N3O2/c1-2-7-6(3-4-18-7)11(17)16-8-9(12)14-5-15-10(8)13/h3-5H,2H2,1H3,(H,16,17). The van der Waals surface area contributed by atoms with Gasteiger partial charge < -0.3 is 9.73 Å². The highest BCUT2D eigenvalue weighted by atomic mass is 35.5. The normalized spacial score (nSPS) is 10.4. The summed E-state index contributed by atoms with van der Waals surface area (Å²) in [6.07, 6.45) is 3.29. The SMILES string of the molecule is CCc1occc1C(=O)Nc1c(Cl)ncnc1Cl. The minimum Gasteiger partial charge on any atom is -0.469 e. The van der Waals surface area contributed by atoms with Gasteiger partial charge in [-0.15, -0.1) is 0 Å². The third-order valence-corrected chi connectivity index (χ3v) is 2.88. The van der Waals surface area contributed by atoms with Crippen LogP contribution in [-0.2, 0) is 6.42 Å². The van der Waals surface area contributed by atoms with Crippen molar-refractivity contribution < 1.29 is 9.21 Å². The number of furan rings is 1. The Labute approximate surface area is 113 Å². The molecule has 2 aromatic heterocycles. The molecule has 0 fully saturated rings. The van der Waals surface area contributed by atoms with Crippen molar-refractivity contribution >= 4 is 34.8 Å². The molecule has 7 heteroatoms. The van der Waals surface area contributed by atoms with Crippen molar-refractivity contribution in [2.45, 2.75) is 13.3 Å². The summed E-state index contributed by atoms with van der Waals surface area (Å²) in [6.45, 7) is 1.89. The van der Waals surface area contributed by atoms with Crippen molar-refractivity contribution in [2.75, 3.05) is 5.32 Å². The van der Waals surface area contributed by atoms with E-state index in [4.69, 9.17) is 27.6 Å². The van der Waals surface area contributed by atoms with Crippen molar-refractivity contribution in [2.24, 2.45) is 0 Å². The van der Waals surface area contributed by atoms with E-state index in [1.165, 1.54) is 12.6 Å². The van der Waals surface area contributed by atoms with Gasteiger partial charge in [0.2, 0.25) is 0 Å². The maximum Gasteiger partial charge on any atom is 0.259 e. The smallest absolute Gasteiger partial charge is 0.259 e. The second kappa shape index (κ2) is 5.37. The van der Waals surface area contributed by atoms with Crippen LogP contribution in [-0.4, -0.2) is 15.9 Å². The van der Waals surface area contributed by atoms with Gasteiger partial charge >= 0.3 is 0 Å². The van der Waals surface area contributed by atoms with E-state index in [-0.39, 0.29) is 21.9 Å².